The number of halogens is 4. The van der Waals surface area contributed by atoms with Gasteiger partial charge < -0.3 is 5.73 Å². The van der Waals surface area contributed by atoms with Crippen LogP contribution in [0.4, 0.5) is 0 Å². The zero-order chi connectivity index (χ0) is 12.6. The van der Waals surface area contributed by atoms with Crippen LogP contribution in [0.25, 0.3) is 0 Å². The normalized spacial score (nSPS) is 12.8. The maximum Gasteiger partial charge on any atom is 0.107 e. The summed E-state index contributed by atoms with van der Waals surface area (Å²) >= 11 is 23.0. The summed E-state index contributed by atoms with van der Waals surface area (Å²) in [5, 5.41) is 1.12. The highest BCUT2D eigenvalue weighted by Crippen LogP contribution is 2.39. The Bertz CT molecular complexity index is 516. The minimum absolute atomic E-state index is 0.370. The maximum absolute atomic E-state index is 6.16. The van der Waals surface area contributed by atoms with Crippen LogP contribution in [0.1, 0.15) is 16.5 Å². The molecular weight excluding hydrogens is 364 g/mol. The van der Waals surface area contributed by atoms with Gasteiger partial charge in [-0.2, -0.15) is 0 Å². The molecule has 0 aliphatic heterocycles. The quantitative estimate of drug-likeness (QED) is 0.739. The standard InChI is InChI=1S/C11H7BrCl3NS/c12-5-4-8(17-11(5)15)10(16)9-6(13)2-1-3-7(9)14/h1-4,10H,16H2. The van der Waals surface area contributed by atoms with Gasteiger partial charge in [-0.05, 0) is 34.1 Å². The summed E-state index contributed by atoms with van der Waals surface area (Å²) in [5.74, 6) is 0. The van der Waals surface area contributed by atoms with Gasteiger partial charge >= 0.3 is 0 Å². The van der Waals surface area contributed by atoms with Crippen molar-refractivity contribution >= 4 is 62.1 Å². The Labute approximate surface area is 127 Å². The predicted octanol–water partition coefficient (Wildman–Crippen LogP) is 5.52. The molecule has 2 aromatic rings. The Balaban J connectivity index is 2.47. The third-order valence-corrected chi connectivity index (χ3v) is 5.50. The molecule has 1 unspecified atom stereocenters. The Morgan fingerprint density at radius 2 is 1.76 bits per heavy atom. The van der Waals surface area contributed by atoms with Crippen LogP contribution in [0.15, 0.2) is 28.7 Å². The van der Waals surface area contributed by atoms with E-state index in [0.29, 0.717) is 14.4 Å². The van der Waals surface area contributed by atoms with Crippen LogP contribution < -0.4 is 5.73 Å². The second kappa shape index (κ2) is 5.47. The van der Waals surface area contributed by atoms with Crippen molar-refractivity contribution in [3.8, 4) is 0 Å². The highest BCUT2D eigenvalue weighted by Gasteiger charge is 2.19. The summed E-state index contributed by atoms with van der Waals surface area (Å²) in [6.45, 7) is 0. The number of thiophene rings is 1. The summed E-state index contributed by atoms with van der Waals surface area (Å²) < 4.78 is 1.50. The van der Waals surface area contributed by atoms with Crippen molar-refractivity contribution in [1.29, 1.82) is 0 Å². The molecular formula is C11H7BrCl3NS. The van der Waals surface area contributed by atoms with E-state index in [-0.39, 0.29) is 6.04 Å². The molecule has 17 heavy (non-hydrogen) atoms. The summed E-state index contributed by atoms with van der Waals surface area (Å²) in [6.07, 6.45) is 0. The molecule has 0 saturated heterocycles. The van der Waals surface area contributed by atoms with Gasteiger partial charge in [-0.25, -0.2) is 0 Å². The number of hydrogen-bond acceptors (Lipinski definition) is 2. The molecule has 0 spiro atoms. The van der Waals surface area contributed by atoms with Crippen LogP contribution in [0.2, 0.25) is 14.4 Å². The molecule has 0 saturated carbocycles. The van der Waals surface area contributed by atoms with Crippen LogP contribution in [-0.2, 0) is 0 Å². The molecule has 2 rings (SSSR count). The lowest BCUT2D eigenvalue weighted by Crippen LogP contribution is -2.11. The van der Waals surface area contributed by atoms with E-state index in [1.165, 1.54) is 11.3 Å². The first kappa shape index (κ1) is 13.7. The topological polar surface area (TPSA) is 26.0 Å². The average molecular weight is 372 g/mol. The molecule has 0 amide bonds. The number of benzene rings is 1. The molecule has 0 bridgehead atoms. The second-order valence-electron chi connectivity index (χ2n) is 3.38. The van der Waals surface area contributed by atoms with Crippen molar-refractivity contribution in [2.24, 2.45) is 5.73 Å². The molecule has 1 aromatic heterocycles. The highest BCUT2D eigenvalue weighted by atomic mass is 79.9. The lowest BCUT2D eigenvalue weighted by Gasteiger charge is -2.13. The Kier molecular flexibility index (Phi) is 4.40. The fourth-order valence-corrected chi connectivity index (χ4v) is 3.85. The van der Waals surface area contributed by atoms with Crippen molar-refractivity contribution in [2.45, 2.75) is 6.04 Å². The van der Waals surface area contributed by atoms with Crippen LogP contribution in [-0.4, -0.2) is 0 Å². The lowest BCUT2D eigenvalue weighted by atomic mass is 10.1. The van der Waals surface area contributed by atoms with E-state index in [1.54, 1.807) is 18.2 Å². The van der Waals surface area contributed by atoms with Gasteiger partial charge in [0.15, 0.2) is 0 Å². The molecule has 1 nitrogen and oxygen atoms in total. The number of nitrogens with two attached hydrogens (primary N) is 1. The first-order valence-corrected chi connectivity index (χ1v) is 7.39. The fourth-order valence-electron chi connectivity index (χ4n) is 1.47. The molecule has 1 heterocycles. The van der Waals surface area contributed by atoms with E-state index in [0.717, 1.165) is 14.9 Å². The van der Waals surface area contributed by atoms with Gasteiger partial charge in [-0.3, -0.25) is 0 Å². The van der Waals surface area contributed by atoms with Gasteiger partial charge in [0, 0.05) is 25.0 Å². The third-order valence-electron chi connectivity index (χ3n) is 2.28. The van der Waals surface area contributed by atoms with Gasteiger partial charge in [0.05, 0.1) is 6.04 Å². The second-order valence-corrected chi connectivity index (χ2v) is 6.74. The molecule has 90 valence electrons. The summed E-state index contributed by atoms with van der Waals surface area (Å²) in [7, 11) is 0. The molecule has 0 aliphatic carbocycles. The van der Waals surface area contributed by atoms with Crippen LogP contribution in [0.3, 0.4) is 0 Å². The largest absolute Gasteiger partial charge is 0.320 e. The number of hydrogen-bond donors (Lipinski definition) is 1. The van der Waals surface area contributed by atoms with Gasteiger partial charge in [-0.15, -0.1) is 11.3 Å². The Hall–Kier alpha value is 0.230. The van der Waals surface area contributed by atoms with E-state index in [1.807, 2.05) is 6.07 Å². The SMILES string of the molecule is NC(c1cc(Br)c(Cl)s1)c1c(Cl)cccc1Cl. The minimum Gasteiger partial charge on any atom is -0.320 e. The molecule has 1 aromatic carbocycles. The van der Waals surface area contributed by atoms with Crippen molar-refractivity contribution in [2.75, 3.05) is 0 Å². The van der Waals surface area contributed by atoms with E-state index in [2.05, 4.69) is 15.9 Å². The Morgan fingerprint density at radius 1 is 1.18 bits per heavy atom. The van der Waals surface area contributed by atoms with E-state index >= 15 is 0 Å². The van der Waals surface area contributed by atoms with Gasteiger partial charge in [0.25, 0.3) is 0 Å². The first-order chi connectivity index (χ1) is 8.00. The van der Waals surface area contributed by atoms with E-state index in [4.69, 9.17) is 40.5 Å². The van der Waals surface area contributed by atoms with Crippen molar-refractivity contribution in [1.82, 2.24) is 0 Å². The Morgan fingerprint density at radius 3 is 2.24 bits per heavy atom. The molecule has 0 radical (unpaired) electrons. The van der Waals surface area contributed by atoms with Crippen molar-refractivity contribution in [3.63, 3.8) is 0 Å². The zero-order valence-corrected chi connectivity index (χ0v) is 13.1. The monoisotopic (exact) mass is 369 g/mol. The summed E-state index contributed by atoms with van der Waals surface area (Å²) in [5.41, 5.74) is 6.89. The molecule has 0 aliphatic rings. The molecule has 1 atom stereocenters. The molecule has 6 heteroatoms. The van der Waals surface area contributed by atoms with Crippen LogP contribution in [0, 0.1) is 0 Å². The maximum atomic E-state index is 6.16. The van der Waals surface area contributed by atoms with Crippen molar-refractivity contribution in [3.05, 3.63) is 53.6 Å². The zero-order valence-electron chi connectivity index (χ0n) is 8.38. The smallest absolute Gasteiger partial charge is 0.107 e. The average Bonchev–Trinajstić information content (AvgIpc) is 2.59. The molecule has 2 N–H and O–H groups in total. The third kappa shape index (κ3) is 2.80. The number of rotatable bonds is 2. The highest BCUT2D eigenvalue weighted by molar-refractivity contribution is 9.10. The van der Waals surface area contributed by atoms with Crippen molar-refractivity contribution < 1.29 is 0 Å². The van der Waals surface area contributed by atoms with Gasteiger partial charge in [0.1, 0.15) is 4.34 Å². The van der Waals surface area contributed by atoms with Crippen LogP contribution >= 0.6 is 62.1 Å². The predicted molar refractivity (Wildman–Crippen MR) is 79.5 cm³/mol. The molecule has 0 fully saturated rings. The van der Waals surface area contributed by atoms with E-state index < -0.39 is 0 Å². The van der Waals surface area contributed by atoms with E-state index in [9.17, 15) is 0 Å². The summed E-state index contributed by atoms with van der Waals surface area (Å²) in [6, 6.07) is 6.85. The fraction of sp³-hybridized carbons (Fsp3) is 0.0909. The van der Waals surface area contributed by atoms with Crippen LogP contribution in [0.5, 0.6) is 0 Å². The lowest BCUT2D eigenvalue weighted by molar-refractivity contribution is 0.893. The van der Waals surface area contributed by atoms with Gasteiger partial charge in [-0.1, -0.05) is 40.9 Å². The first-order valence-electron chi connectivity index (χ1n) is 4.65. The minimum atomic E-state index is -0.370. The van der Waals surface area contributed by atoms with Gasteiger partial charge in [0.2, 0.25) is 0 Å². The summed E-state index contributed by atoms with van der Waals surface area (Å²) in [4.78, 5) is 0.914.